The summed E-state index contributed by atoms with van der Waals surface area (Å²) in [5, 5.41) is 6.66. The van der Waals surface area contributed by atoms with Crippen LogP contribution in [0.2, 0.25) is 0 Å². The van der Waals surface area contributed by atoms with Gasteiger partial charge in [0, 0.05) is 35.5 Å². The number of rotatable bonds is 8. The van der Waals surface area contributed by atoms with Gasteiger partial charge in [0.15, 0.2) is 0 Å². The van der Waals surface area contributed by atoms with Crippen molar-refractivity contribution in [2.75, 3.05) is 18.5 Å². The van der Waals surface area contributed by atoms with E-state index >= 15 is 0 Å². The Kier molecular flexibility index (Phi) is 10.0. The molecule has 2 aliphatic rings. The molecular weight excluding hydrogens is 586 g/mol. The number of nitrogens with zero attached hydrogens (tertiary/aromatic N) is 1. The summed E-state index contributed by atoms with van der Waals surface area (Å²) in [6.45, 7) is 9.96. The quantitative estimate of drug-likeness (QED) is 0.267. The van der Waals surface area contributed by atoms with Gasteiger partial charge in [-0.15, -0.1) is 0 Å². The van der Waals surface area contributed by atoms with Crippen LogP contribution in [-0.2, 0) is 19.1 Å². The summed E-state index contributed by atoms with van der Waals surface area (Å²) < 4.78 is 16.1. The summed E-state index contributed by atoms with van der Waals surface area (Å²) in [6.07, 6.45) is 3.26. The minimum absolute atomic E-state index is 0.00847. The molecule has 246 valence electrons. The first-order chi connectivity index (χ1) is 21.9. The highest BCUT2D eigenvalue weighted by Crippen LogP contribution is 2.38. The predicted molar refractivity (Wildman–Crippen MR) is 174 cm³/mol. The van der Waals surface area contributed by atoms with Gasteiger partial charge in [0.05, 0.1) is 6.61 Å². The first kappa shape index (κ1) is 33.0. The van der Waals surface area contributed by atoms with Crippen molar-refractivity contribution in [2.24, 2.45) is 11.8 Å². The molecule has 0 spiro atoms. The Bertz CT molecular complexity index is 1550. The molecule has 1 unspecified atom stereocenters. The van der Waals surface area contributed by atoms with Crippen molar-refractivity contribution in [3.05, 3.63) is 65.9 Å². The van der Waals surface area contributed by atoms with Crippen molar-refractivity contribution in [1.82, 2.24) is 10.2 Å². The van der Waals surface area contributed by atoms with Crippen LogP contribution in [0.5, 0.6) is 0 Å². The molecule has 10 nitrogen and oxygen atoms in total. The SMILES string of the molecule is CCOC(=O)c1cc2cc(NC(=O)[C@@H]3[C@@H](c4ccccc4)CCN3C(=O)C3CCC(C(C)NC(=O)OC(C)(C)C)CC3)ccc2o1. The summed E-state index contributed by atoms with van der Waals surface area (Å²) in [5.41, 5.74) is 1.51. The maximum atomic E-state index is 14.1. The molecule has 0 radical (unpaired) electrons. The van der Waals surface area contributed by atoms with Gasteiger partial charge in [-0.05, 0) is 102 Å². The van der Waals surface area contributed by atoms with Gasteiger partial charge in [-0.25, -0.2) is 9.59 Å². The van der Waals surface area contributed by atoms with E-state index < -0.39 is 23.7 Å². The van der Waals surface area contributed by atoms with Crippen molar-refractivity contribution in [2.45, 2.75) is 90.3 Å². The molecule has 3 amide bonds. The zero-order valence-electron chi connectivity index (χ0n) is 27.3. The lowest BCUT2D eigenvalue weighted by Gasteiger charge is -2.35. The molecular formula is C36H45N3O7. The van der Waals surface area contributed by atoms with E-state index in [2.05, 4.69) is 10.6 Å². The Morgan fingerprint density at radius 1 is 0.978 bits per heavy atom. The largest absolute Gasteiger partial charge is 0.460 e. The summed E-state index contributed by atoms with van der Waals surface area (Å²) in [7, 11) is 0. The van der Waals surface area contributed by atoms with Crippen LogP contribution in [0.1, 0.15) is 88.8 Å². The second-order valence-corrected chi connectivity index (χ2v) is 13.4. The smallest absolute Gasteiger partial charge is 0.407 e. The second-order valence-electron chi connectivity index (χ2n) is 13.4. The molecule has 46 heavy (non-hydrogen) atoms. The van der Waals surface area contributed by atoms with Crippen molar-refractivity contribution in [3.8, 4) is 0 Å². The van der Waals surface area contributed by atoms with Crippen LogP contribution >= 0.6 is 0 Å². The molecule has 3 aromatic rings. The number of anilines is 1. The zero-order valence-corrected chi connectivity index (χ0v) is 27.3. The number of amides is 3. The molecule has 10 heteroatoms. The van der Waals surface area contributed by atoms with E-state index in [0.717, 1.165) is 18.4 Å². The predicted octanol–water partition coefficient (Wildman–Crippen LogP) is 6.65. The number of alkyl carbamates (subject to hydrolysis) is 1. The molecule has 1 saturated carbocycles. The molecule has 5 rings (SSSR count). The number of fused-ring (bicyclic) bond motifs is 1. The number of carbonyl (C=O) groups excluding carboxylic acids is 4. The van der Waals surface area contributed by atoms with Gasteiger partial charge >= 0.3 is 12.1 Å². The van der Waals surface area contributed by atoms with E-state index in [1.54, 1.807) is 36.1 Å². The third kappa shape index (κ3) is 7.71. The molecule has 2 fully saturated rings. The van der Waals surface area contributed by atoms with Crippen LogP contribution in [0.25, 0.3) is 11.0 Å². The van der Waals surface area contributed by atoms with E-state index in [9.17, 15) is 19.2 Å². The summed E-state index contributed by atoms with van der Waals surface area (Å²) >= 11 is 0. The summed E-state index contributed by atoms with van der Waals surface area (Å²) in [6, 6.07) is 15.9. The fourth-order valence-corrected chi connectivity index (χ4v) is 6.77. The third-order valence-corrected chi connectivity index (χ3v) is 9.01. The molecule has 0 bridgehead atoms. The summed E-state index contributed by atoms with van der Waals surface area (Å²) in [5.74, 6) is -0.773. The minimum Gasteiger partial charge on any atom is -0.460 e. The normalized spacial score (nSPS) is 22.2. The van der Waals surface area contributed by atoms with Crippen LogP contribution in [0.3, 0.4) is 0 Å². The molecule has 1 aliphatic heterocycles. The van der Waals surface area contributed by atoms with Crippen LogP contribution in [0.15, 0.2) is 59.0 Å². The second kappa shape index (κ2) is 14.0. The standard InChI is InChI=1S/C36H45N3O7/c1-6-44-34(42)30-21-26-20-27(16-17-29(26)45-30)38-32(40)31-28(24-10-8-7-9-11-24)18-19-39(31)33(41)25-14-12-23(13-15-25)22(2)37-35(43)46-36(3,4)5/h7-11,16-17,20-23,25,28,31H,6,12-15,18-19H2,1-5H3,(H,37,43)(H,38,40)/t22?,23?,25?,28-,31+/m1/s1. The van der Waals surface area contributed by atoms with Gasteiger partial charge in [-0.2, -0.15) is 0 Å². The highest BCUT2D eigenvalue weighted by molar-refractivity contribution is 6.00. The van der Waals surface area contributed by atoms with Crippen LogP contribution in [0.4, 0.5) is 10.5 Å². The lowest BCUT2D eigenvalue weighted by molar-refractivity contribution is -0.141. The fourth-order valence-electron chi connectivity index (χ4n) is 6.77. The van der Waals surface area contributed by atoms with E-state index in [1.165, 1.54) is 0 Å². The maximum Gasteiger partial charge on any atom is 0.407 e. The van der Waals surface area contributed by atoms with Gasteiger partial charge in [0.1, 0.15) is 17.2 Å². The van der Waals surface area contributed by atoms with E-state index in [-0.39, 0.29) is 48.0 Å². The number of esters is 1. The van der Waals surface area contributed by atoms with Crippen LogP contribution in [0, 0.1) is 11.8 Å². The Labute approximate surface area is 270 Å². The molecule has 2 heterocycles. The maximum absolute atomic E-state index is 14.1. The Balaban J connectivity index is 1.28. The van der Waals surface area contributed by atoms with Crippen LogP contribution in [-0.4, -0.2) is 59.6 Å². The first-order valence-electron chi connectivity index (χ1n) is 16.3. The fraction of sp³-hybridized carbons (Fsp3) is 0.500. The molecule has 2 N–H and O–H groups in total. The number of likely N-dealkylation sites (tertiary alicyclic amines) is 1. The number of ether oxygens (including phenoxy) is 2. The number of carbonyl (C=O) groups is 4. The molecule has 1 aliphatic carbocycles. The number of furan rings is 1. The van der Waals surface area contributed by atoms with E-state index in [4.69, 9.17) is 13.9 Å². The van der Waals surface area contributed by atoms with Crippen molar-refractivity contribution < 1.29 is 33.1 Å². The lowest BCUT2D eigenvalue weighted by Crippen LogP contribution is -2.48. The highest BCUT2D eigenvalue weighted by atomic mass is 16.6. The van der Waals surface area contributed by atoms with E-state index in [1.807, 2.05) is 58.0 Å². The minimum atomic E-state index is -0.671. The molecule has 1 aromatic heterocycles. The monoisotopic (exact) mass is 631 g/mol. The topological polar surface area (TPSA) is 127 Å². The number of hydrogen-bond acceptors (Lipinski definition) is 7. The number of nitrogens with one attached hydrogen (secondary N) is 2. The summed E-state index contributed by atoms with van der Waals surface area (Å²) in [4.78, 5) is 54.3. The zero-order chi connectivity index (χ0) is 33.0. The van der Waals surface area contributed by atoms with Gasteiger partial charge in [-0.3, -0.25) is 9.59 Å². The first-order valence-corrected chi connectivity index (χ1v) is 16.3. The molecule has 1 saturated heterocycles. The average Bonchev–Trinajstić information content (AvgIpc) is 3.65. The number of benzene rings is 2. The van der Waals surface area contributed by atoms with Crippen molar-refractivity contribution in [3.63, 3.8) is 0 Å². The highest BCUT2D eigenvalue weighted by Gasteiger charge is 2.45. The Morgan fingerprint density at radius 2 is 1.70 bits per heavy atom. The van der Waals surface area contributed by atoms with Crippen LogP contribution < -0.4 is 10.6 Å². The lowest BCUT2D eigenvalue weighted by atomic mass is 9.78. The van der Waals surface area contributed by atoms with Gasteiger partial charge in [0.25, 0.3) is 0 Å². The average molecular weight is 632 g/mol. The van der Waals surface area contributed by atoms with Gasteiger partial charge < -0.3 is 29.4 Å². The van der Waals surface area contributed by atoms with Crippen molar-refractivity contribution in [1.29, 1.82) is 0 Å². The Hall–Kier alpha value is -4.34. The number of hydrogen-bond donors (Lipinski definition) is 2. The van der Waals surface area contributed by atoms with E-state index in [0.29, 0.717) is 42.5 Å². The third-order valence-electron chi connectivity index (χ3n) is 9.01. The van der Waals surface area contributed by atoms with Gasteiger partial charge in [0.2, 0.25) is 17.6 Å². The van der Waals surface area contributed by atoms with Crippen molar-refractivity contribution >= 4 is 40.5 Å². The molecule has 2 aromatic carbocycles. The Morgan fingerprint density at radius 3 is 2.37 bits per heavy atom. The van der Waals surface area contributed by atoms with Gasteiger partial charge in [-0.1, -0.05) is 30.3 Å². The molecule has 3 atom stereocenters.